The normalized spacial score (nSPS) is 10.3. The van der Waals surface area contributed by atoms with E-state index in [0.29, 0.717) is 17.9 Å². The Hall–Kier alpha value is -2.90. The fraction of sp³-hybridized carbons (Fsp3) is 0.312. The van der Waals surface area contributed by atoms with Crippen LogP contribution in [0.15, 0.2) is 24.3 Å². The second kappa shape index (κ2) is 7.58. The van der Waals surface area contributed by atoms with Crippen molar-refractivity contribution in [2.75, 3.05) is 18.4 Å². The molecule has 1 heterocycles. The van der Waals surface area contributed by atoms with E-state index in [2.05, 4.69) is 21.0 Å². The number of nitrogens with one attached hydrogen (secondary N) is 3. The third-order valence-electron chi connectivity index (χ3n) is 3.23. The molecule has 0 fully saturated rings. The van der Waals surface area contributed by atoms with Crippen LogP contribution in [0.25, 0.3) is 5.69 Å². The Balaban J connectivity index is 1.98. The number of carbonyl (C=O) groups is 2. The third kappa shape index (κ3) is 4.55. The molecule has 2 rings (SSSR count). The number of rotatable bonds is 5. The Morgan fingerprint density at radius 1 is 1.17 bits per heavy atom. The molecule has 0 saturated carbocycles. The standard InChI is InChI=1S/C16H20FN5O2/c1-10-8-11(2)22(21-10)15-5-4-13(9-14(15)17)20-16(24)19-7-6-18-12(3)23/h4-5,8-9H,6-7H2,1-3H3,(H,18,23)(H2,19,20,24). The minimum atomic E-state index is -0.489. The zero-order valence-corrected chi connectivity index (χ0v) is 13.8. The molecule has 0 aliphatic heterocycles. The molecule has 0 aliphatic carbocycles. The predicted molar refractivity (Wildman–Crippen MR) is 88.7 cm³/mol. The number of urea groups is 1. The third-order valence-corrected chi connectivity index (χ3v) is 3.23. The van der Waals surface area contributed by atoms with Crippen molar-refractivity contribution in [2.24, 2.45) is 0 Å². The van der Waals surface area contributed by atoms with Gasteiger partial charge in [-0.15, -0.1) is 0 Å². The molecule has 1 aromatic heterocycles. The molecular formula is C16H20FN5O2. The SMILES string of the molecule is CC(=O)NCCNC(=O)Nc1ccc(-n2nc(C)cc2C)c(F)c1. The van der Waals surface area contributed by atoms with Crippen molar-refractivity contribution in [3.8, 4) is 5.69 Å². The molecule has 0 radical (unpaired) electrons. The number of nitrogens with zero attached hydrogens (tertiary/aromatic N) is 2. The van der Waals surface area contributed by atoms with Crippen molar-refractivity contribution < 1.29 is 14.0 Å². The molecule has 0 bridgehead atoms. The van der Waals surface area contributed by atoms with Crippen LogP contribution in [0.5, 0.6) is 0 Å². The first kappa shape index (κ1) is 17.5. The van der Waals surface area contributed by atoms with Crippen LogP contribution in [0, 0.1) is 19.7 Å². The second-order valence-electron chi connectivity index (χ2n) is 5.37. The number of halogens is 1. The maximum atomic E-state index is 14.3. The first-order valence-electron chi connectivity index (χ1n) is 7.49. The van der Waals surface area contributed by atoms with Crippen molar-refractivity contribution in [1.29, 1.82) is 0 Å². The summed E-state index contributed by atoms with van der Waals surface area (Å²) >= 11 is 0. The van der Waals surface area contributed by atoms with Gasteiger partial charge in [0.15, 0.2) is 5.82 Å². The van der Waals surface area contributed by atoms with Crippen LogP contribution in [0.2, 0.25) is 0 Å². The van der Waals surface area contributed by atoms with E-state index < -0.39 is 11.8 Å². The number of aromatic nitrogens is 2. The molecule has 0 atom stereocenters. The van der Waals surface area contributed by atoms with Crippen LogP contribution in [0.4, 0.5) is 14.9 Å². The predicted octanol–water partition coefficient (Wildman–Crippen LogP) is 1.89. The van der Waals surface area contributed by atoms with Gasteiger partial charge < -0.3 is 16.0 Å². The fourth-order valence-corrected chi connectivity index (χ4v) is 2.22. The fourth-order valence-electron chi connectivity index (χ4n) is 2.22. The minimum Gasteiger partial charge on any atom is -0.355 e. The number of benzene rings is 1. The van der Waals surface area contributed by atoms with Gasteiger partial charge in [-0.05, 0) is 38.1 Å². The zero-order chi connectivity index (χ0) is 17.7. The van der Waals surface area contributed by atoms with Crippen LogP contribution >= 0.6 is 0 Å². The lowest BCUT2D eigenvalue weighted by atomic mass is 10.2. The topological polar surface area (TPSA) is 88.0 Å². The highest BCUT2D eigenvalue weighted by atomic mass is 19.1. The van der Waals surface area contributed by atoms with Crippen molar-refractivity contribution in [1.82, 2.24) is 20.4 Å². The van der Waals surface area contributed by atoms with Gasteiger partial charge in [0.25, 0.3) is 0 Å². The average Bonchev–Trinajstić information content (AvgIpc) is 2.82. The van der Waals surface area contributed by atoms with E-state index in [0.717, 1.165) is 11.4 Å². The molecule has 0 saturated heterocycles. The number of anilines is 1. The van der Waals surface area contributed by atoms with E-state index in [1.807, 2.05) is 19.9 Å². The molecule has 128 valence electrons. The Bertz CT molecular complexity index is 757. The first-order valence-corrected chi connectivity index (χ1v) is 7.49. The van der Waals surface area contributed by atoms with Gasteiger partial charge in [-0.25, -0.2) is 13.9 Å². The van der Waals surface area contributed by atoms with Crippen LogP contribution in [-0.4, -0.2) is 34.8 Å². The molecule has 1 aromatic carbocycles. The number of amides is 3. The lowest BCUT2D eigenvalue weighted by Gasteiger charge is -2.10. The quantitative estimate of drug-likeness (QED) is 0.730. The highest BCUT2D eigenvalue weighted by Gasteiger charge is 2.11. The van der Waals surface area contributed by atoms with E-state index in [-0.39, 0.29) is 12.5 Å². The minimum absolute atomic E-state index is 0.168. The Kier molecular flexibility index (Phi) is 5.51. The van der Waals surface area contributed by atoms with Gasteiger partial charge in [0.2, 0.25) is 5.91 Å². The average molecular weight is 333 g/mol. The summed E-state index contributed by atoms with van der Waals surface area (Å²) in [5.74, 6) is -0.656. The van der Waals surface area contributed by atoms with E-state index in [1.54, 1.807) is 12.1 Å². The molecule has 0 aliphatic rings. The summed E-state index contributed by atoms with van der Waals surface area (Å²) in [6, 6.07) is 5.77. The van der Waals surface area contributed by atoms with Crippen molar-refractivity contribution >= 4 is 17.6 Å². The molecule has 24 heavy (non-hydrogen) atoms. The lowest BCUT2D eigenvalue weighted by molar-refractivity contribution is -0.118. The Morgan fingerprint density at radius 3 is 2.46 bits per heavy atom. The number of hydrogen-bond acceptors (Lipinski definition) is 3. The van der Waals surface area contributed by atoms with Gasteiger partial charge in [0.05, 0.1) is 5.69 Å². The zero-order valence-electron chi connectivity index (χ0n) is 13.8. The number of carbonyl (C=O) groups excluding carboxylic acids is 2. The van der Waals surface area contributed by atoms with Gasteiger partial charge in [-0.2, -0.15) is 5.10 Å². The molecule has 0 unspecified atom stereocenters. The van der Waals surface area contributed by atoms with Crippen molar-refractivity contribution in [3.63, 3.8) is 0 Å². The summed E-state index contributed by atoms with van der Waals surface area (Å²) in [4.78, 5) is 22.4. The molecule has 3 amide bonds. The Morgan fingerprint density at radius 2 is 1.88 bits per heavy atom. The first-order chi connectivity index (χ1) is 11.4. The number of hydrogen-bond donors (Lipinski definition) is 3. The maximum Gasteiger partial charge on any atom is 0.319 e. The molecule has 7 nitrogen and oxygen atoms in total. The summed E-state index contributed by atoms with van der Waals surface area (Å²) in [6.45, 7) is 5.68. The summed E-state index contributed by atoms with van der Waals surface area (Å²) in [5, 5.41) is 11.9. The maximum absolute atomic E-state index is 14.3. The van der Waals surface area contributed by atoms with Crippen molar-refractivity contribution in [2.45, 2.75) is 20.8 Å². The summed E-state index contributed by atoms with van der Waals surface area (Å²) in [7, 11) is 0. The Labute approximate surface area is 139 Å². The molecule has 2 aromatic rings. The highest BCUT2D eigenvalue weighted by Crippen LogP contribution is 2.19. The van der Waals surface area contributed by atoms with E-state index in [9.17, 15) is 14.0 Å². The lowest BCUT2D eigenvalue weighted by Crippen LogP contribution is -2.36. The van der Waals surface area contributed by atoms with Gasteiger partial charge in [-0.3, -0.25) is 4.79 Å². The summed E-state index contributed by atoms with van der Waals surface area (Å²) < 4.78 is 15.8. The molecule has 8 heteroatoms. The van der Waals surface area contributed by atoms with E-state index >= 15 is 0 Å². The monoisotopic (exact) mass is 333 g/mol. The molecule has 3 N–H and O–H groups in total. The largest absolute Gasteiger partial charge is 0.355 e. The highest BCUT2D eigenvalue weighted by molar-refractivity contribution is 5.89. The van der Waals surface area contributed by atoms with E-state index in [1.165, 1.54) is 17.7 Å². The van der Waals surface area contributed by atoms with Crippen LogP contribution in [0.1, 0.15) is 18.3 Å². The summed E-state index contributed by atoms with van der Waals surface area (Å²) in [5.41, 5.74) is 2.27. The summed E-state index contributed by atoms with van der Waals surface area (Å²) in [6.07, 6.45) is 0. The molecule has 0 spiro atoms. The van der Waals surface area contributed by atoms with Gasteiger partial charge >= 0.3 is 6.03 Å². The smallest absolute Gasteiger partial charge is 0.319 e. The van der Waals surface area contributed by atoms with Gasteiger partial charge in [0.1, 0.15) is 5.69 Å². The van der Waals surface area contributed by atoms with Crippen LogP contribution in [-0.2, 0) is 4.79 Å². The number of aryl methyl sites for hydroxylation is 2. The van der Waals surface area contributed by atoms with E-state index in [4.69, 9.17) is 0 Å². The van der Waals surface area contributed by atoms with Crippen LogP contribution < -0.4 is 16.0 Å². The van der Waals surface area contributed by atoms with Gasteiger partial charge in [-0.1, -0.05) is 0 Å². The van der Waals surface area contributed by atoms with Crippen molar-refractivity contribution in [3.05, 3.63) is 41.5 Å². The molecular weight excluding hydrogens is 313 g/mol. The van der Waals surface area contributed by atoms with Gasteiger partial charge in [0, 0.05) is 31.4 Å². The van der Waals surface area contributed by atoms with Crippen LogP contribution in [0.3, 0.4) is 0 Å². The second-order valence-corrected chi connectivity index (χ2v) is 5.37.